The summed E-state index contributed by atoms with van der Waals surface area (Å²) < 4.78 is 12.3. The molecule has 3 aliphatic heterocycles. The highest BCUT2D eigenvalue weighted by Gasteiger charge is 2.78. The quantitative estimate of drug-likeness (QED) is 0.199. The van der Waals surface area contributed by atoms with Crippen molar-refractivity contribution in [3.8, 4) is 0 Å². The molecule has 0 radical (unpaired) electrons. The molecule has 5 atom stereocenters. The first kappa shape index (κ1) is 30.3. The summed E-state index contributed by atoms with van der Waals surface area (Å²) in [6.07, 6.45) is 7.70. The third-order valence-electron chi connectivity index (χ3n) is 8.65. The molecule has 2 bridgehead atoms. The van der Waals surface area contributed by atoms with E-state index in [1.54, 1.807) is 28.0 Å². The minimum atomic E-state index is -1.15. The third kappa shape index (κ3) is 5.21. The van der Waals surface area contributed by atoms with Crippen LogP contribution in [0, 0.1) is 18.8 Å². The molecule has 0 aromatic heterocycles. The number of aliphatic hydroxyl groups is 1. The Morgan fingerprint density at radius 1 is 1.23 bits per heavy atom. The summed E-state index contributed by atoms with van der Waals surface area (Å²) in [4.78, 5) is 45.5. The fraction of sp³-hybridized carbons (Fsp3) is 0.581. The van der Waals surface area contributed by atoms with Crippen molar-refractivity contribution >= 4 is 35.1 Å². The predicted molar refractivity (Wildman–Crippen MR) is 154 cm³/mol. The molecule has 1 spiro atoms. The number of aryl methyl sites for hydroxylation is 1. The number of rotatable bonds is 14. The number of ether oxygens (including phenoxy) is 2. The number of unbranched alkanes of at least 4 members (excludes halogenated alkanes) is 3. The third-order valence-corrected chi connectivity index (χ3v) is 8.96. The molecule has 3 heterocycles. The monoisotopic (exact) mass is 572 g/mol. The van der Waals surface area contributed by atoms with Crippen LogP contribution in [-0.4, -0.2) is 71.3 Å². The maximum absolute atomic E-state index is 14.6. The highest BCUT2D eigenvalue weighted by molar-refractivity contribution is 6.34. The Labute approximate surface area is 241 Å². The van der Waals surface area contributed by atoms with Crippen LogP contribution in [0.15, 0.2) is 43.5 Å². The van der Waals surface area contributed by atoms with E-state index in [1.807, 2.05) is 26.0 Å². The second-order valence-electron chi connectivity index (χ2n) is 11.3. The van der Waals surface area contributed by atoms with E-state index < -0.39 is 35.0 Å². The minimum absolute atomic E-state index is 0.0585. The molecular formula is C31H41ClN2O6. The number of aliphatic hydroxyl groups excluding tert-OH is 1. The molecule has 9 heteroatoms. The molecule has 1 N–H and O–H groups in total. The van der Waals surface area contributed by atoms with Crippen molar-refractivity contribution in [1.82, 2.24) is 4.90 Å². The summed E-state index contributed by atoms with van der Waals surface area (Å²) in [6, 6.07) is 4.51. The maximum Gasteiger partial charge on any atom is 0.312 e. The topological polar surface area (TPSA) is 96.4 Å². The largest absolute Gasteiger partial charge is 0.465 e. The van der Waals surface area contributed by atoms with Crippen molar-refractivity contribution in [3.63, 3.8) is 0 Å². The first-order valence-corrected chi connectivity index (χ1v) is 14.6. The van der Waals surface area contributed by atoms with Crippen molar-refractivity contribution in [2.75, 3.05) is 31.2 Å². The molecule has 1 aromatic rings. The number of fused-ring (bicyclic) bond motifs is 1. The highest BCUT2D eigenvalue weighted by Crippen LogP contribution is 2.63. The number of carbonyl (C=O) groups excluding carboxylic acids is 3. The average Bonchev–Trinajstić information content (AvgIpc) is 3.48. The molecule has 3 aliphatic rings. The van der Waals surface area contributed by atoms with Gasteiger partial charge in [0.1, 0.15) is 17.6 Å². The first-order chi connectivity index (χ1) is 19.2. The van der Waals surface area contributed by atoms with E-state index in [4.69, 9.17) is 21.1 Å². The van der Waals surface area contributed by atoms with Crippen LogP contribution in [0.3, 0.4) is 0 Å². The van der Waals surface area contributed by atoms with Gasteiger partial charge in [0.2, 0.25) is 5.91 Å². The molecule has 2 amide bonds. The summed E-state index contributed by atoms with van der Waals surface area (Å²) in [5.41, 5.74) is -0.668. The van der Waals surface area contributed by atoms with Gasteiger partial charge in [-0.2, -0.15) is 0 Å². The van der Waals surface area contributed by atoms with Crippen molar-refractivity contribution in [2.45, 2.75) is 76.0 Å². The van der Waals surface area contributed by atoms with Crippen molar-refractivity contribution in [1.29, 1.82) is 0 Å². The van der Waals surface area contributed by atoms with E-state index in [0.717, 1.165) is 12.0 Å². The van der Waals surface area contributed by atoms with Crippen LogP contribution in [0.25, 0.3) is 0 Å². The highest BCUT2D eigenvalue weighted by atomic mass is 35.5. The van der Waals surface area contributed by atoms with Gasteiger partial charge < -0.3 is 24.4 Å². The number of likely N-dealkylation sites (tertiary alicyclic amines) is 1. The van der Waals surface area contributed by atoms with Crippen molar-refractivity contribution < 1.29 is 29.0 Å². The zero-order valence-corrected chi connectivity index (χ0v) is 24.3. The summed E-state index contributed by atoms with van der Waals surface area (Å²) in [5, 5.41) is 9.69. The Kier molecular flexibility index (Phi) is 9.43. The molecule has 8 nitrogen and oxygen atoms in total. The summed E-state index contributed by atoms with van der Waals surface area (Å²) in [5.74, 6) is -2.63. The molecule has 3 fully saturated rings. The molecular weight excluding hydrogens is 532 g/mol. The molecule has 0 aliphatic carbocycles. The number of nitrogens with zero attached hydrogens (tertiary/aromatic N) is 2. The van der Waals surface area contributed by atoms with E-state index in [9.17, 15) is 19.5 Å². The lowest BCUT2D eigenvalue weighted by molar-refractivity contribution is -0.159. The Morgan fingerprint density at radius 3 is 2.67 bits per heavy atom. The Morgan fingerprint density at radius 2 is 2.00 bits per heavy atom. The van der Waals surface area contributed by atoms with Crippen LogP contribution >= 0.6 is 11.6 Å². The minimum Gasteiger partial charge on any atom is -0.465 e. The number of para-hydroxylation sites is 1. The van der Waals surface area contributed by atoms with Gasteiger partial charge in [-0.25, -0.2) is 0 Å². The lowest BCUT2D eigenvalue weighted by atomic mass is 9.66. The molecule has 3 saturated heterocycles. The van der Waals surface area contributed by atoms with Crippen LogP contribution in [-0.2, 0) is 23.9 Å². The van der Waals surface area contributed by atoms with Gasteiger partial charge in [0.25, 0.3) is 5.91 Å². The van der Waals surface area contributed by atoms with Crippen LogP contribution in [0.4, 0.5) is 5.69 Å². The first-order valence-electron chi connectivity index (χ1n) is 14.2. The van der Waals surface area contributed by atoms with Crippen molar-refractivity contribution in [2.24, 2.45) is 11.8 Å². The number of halogens is 1. The van der Waals surface area contributed by atoms with Crippen LogP contribution in [0.2, 0.25) is 5.02 Å². The number of esters is 1. The number of hydrogen-bond acceptors (Lipinski definition) is 6. The smallest absolute Gasteiger partial charge is 0.312 e. The lowest BCUT2D eigenvalue weighted by Gasteiger charge is -2.37. The number of hydrogen-bond donors (Lipinski definition) is 1. The predicted octanol–water partition coefficient (Wildman–Crippen LogP) is 4.60. The standard InChI is InChI=1S/C31H41ClN2O6/c1-5-7-11-20-39-29(38)24-23-27(36)34(18-9-8-10-19-35)26(31(23)16-15-30(24,4)40-31)28(37)33(17-6-2)25-21(3)13-12-14-22(25)32/h5-6,12-14,23-24,26,35H,1-2,7-11,15-20H2,3-4H3/t23-,24-,26?,30+,31?/m0/s1. The fourth-order valence-corrected chi connectivity index (χ4v) is 7.22. The number of amides is 2. The van der Waals surface area contributed by atoms with E-state index in [1.165, 1.54) is 0 Å². The van der Waals surface area contributed by atoms with Crippen molar-refractivity contribution in [3.05, 3.63) is 54.1 Å². The Balaban J connectivity index is 1.74. The van der Waals surface area contributed by atoms with Gasteiger partial charge in [-0.1, -0.05) is 35.9 Å². The second-order valence-corrected chi connectivity index (χ2v) is 11.7. The zero-order chi connectivity index (χ0) is 29.1. The summed E-state index contributed by atoms with van der Waals surface area (Å²) in [6.45, 7) is 12.1. The Bertz CT molecular complexity index is 1140. The van der Waals surface area contributed by atoms with Gasteiger partial charge in [-0.3, -0.25) is 14.4 Å². The number of benzene rings is 1. The van der Waals surface area contributed by atoms with Gasteiger partial charge >= 0.3 is 5.97 Å². The molecule has 2 unspecified atom stereocenters. The Hall–Kier alpha value is -2.68. The molecule has 0 saturated carbocycles. The van der Waals surface area contributed by atoms with E-state index in [-0.39, 0.29) is 31.6 Å². The maximum atomic E-state index is 14.6. The number of anilines is 1. The summed E-state index contributed by atoms with van der Waals surface area (Å²) in [7, 11) is 0. The van der Waals surface area contributed by atoms with Crippen LogP contribution in [0.5, 0.6) is 0 Å². The second kappa shape index (κ2) is 12.5. The molecule has 4 rings (SSSR count). The van der Waals surface area contributed by atoms with Gasteiger partial charge in [0, 0.05) is 19.7 Å². The molecule has 40 heavy (non-hydrogen) atoms. The summed E-state index contributed by atoms with van der Waals surface area (Å²) >= 11 is 6.61. The molecule has 218 valence electrons. The van der Waals surface area contributed by atoms with E-state index in [2.05, 4.69) is 13.2 Å². The van der Waals surface area contributed by atoms with Gasteiger partial charge in [0.15, 0.2) is 0 Å². The van der Waals surface area contributed by atoms with Gasteiger partial charge in [-0.05, 0) is 70.4 Å². The van der Waals surface area contributed by atoms with Gasteiger partial charge in [-0.15, -0.1) is 13.2 Å². The van der Waals surface area contributed by atoms with Crippen LogP contribution in [0.1, 0.15) is 57.4 Å². The lowest BCUT2D eigenvalue weighted by Crippen LogP contribution is -2.56. The zero-order valence-electron chi connectivity index (χ0n) is 23.6. The van der Waals surface area contributed by atoms with Gasteiger partial charge in [0.05, 0.1) is 28.8 Å². The molecule has 1 aromatic carbocycles. The van der Waals surface area contributed by atoms with Crippen LogP contribution < -0.4 is 4.90 Å². The fourth-order valence-electron chi connectivity index (χ4n) is 6.90. The van der Waals surface area contributed by atoms with E-state index >= 15 is 0 Å². The SMILES string of the molecule is C=CCCCOC(=O)[C@@H]1[C@H]2C(=O)N(CCCCCO)C(C(=O)N(CC=C)c3c(C)cccc3Cl)C23CC[C@@]1(C)O3. The normalized spacial score (nSPS) is 28.4. The number of allylic oxidation sites excluding steroid dienone is 1. The number of carbonyl (C=O) groups is 3. The van der Waals surface area contributed by atoms with E-state index in [0.29, 0.717) is 55.8 Å². The average molecular weight is 573 g/mol.